The number of anilines is 1. The van der Waals surface area contributed by atoms with Crippen molar-refractivity contribution in [2.75, 3.05) is 11.9 Å². The molecule has 6 heteroatoms. The van der Waals surface area contributed by atoms with Gasteiger partial charge in [0, 0.05) is 17.8 Å². The molecule has 14 heavy (non-hydrogen) atoms. The van der Waals surface area contributed by atoms with Gasteiger partial charge in [-0.15, -0.1) is 0 Å². The summed E-state index contributed by atoms with van der Waals surface area (Å²) in [5, 5.41) is 21.8. The summed E-state index contributed by atoms with van der Waals surface area (Å²) in [6.07, 6.45) is -0.614. The fourth-order valence-electron chi connectivity index (χ4n) is 0.969. The average Bonchev–Trinajstić information content (AvgIpc) is 2.18. The fourth-order valence-corrected chi connectivity index (χ4v) is 0.969. The molecule has 0 saturated heterocycles. The maximum absolute atomic E-state index is 10.4. The summed E-state index contributed by atoms with van der Waals surface area (Å²) in [6, 6.07) is 5.93. The standard InChI is InChI=1S/C8H11N3O3/c9-8(5-12)10-6-2-1-3-7(4-6)11(13)14/h1-4,8,10,12H,5,9H2. The van der Waals surface area contributed by atoms with Crippen LogP contribution in [0.1, 0.15) is 0 Å². The van der Waals surface area contributed by atoms with Crippen molar-refractivity contribution in [2.45, 2.75) is 6.17 Å². The van der Waals surface area contributed by atoms with Crippen molar-refractivity contribution in [3.05, 3.63) is 34.4 Å². The number of nitrogens with two attached hydrogens (primary N) is 1. The van der Waals surface area contributed by atoms with E-state index in [1.165, 1.54) is 12.1 Å². The van der Waals surface area contributed by atoms with Gasteiger partial charge in [0.15, 0.2) is 0 Å². The molecule has 1 unspecified atom stereocenters. The molecule has 0 radical (unpaired) electrons. The monoisotopic (exact) mass is 197 g/mol. The van der Waals surface area contributed by atoms with Gasteiger partial charge in [0.2, 0.25) is 0 Å². The van der Waals surface area contributed by atoms with Gasteiger partial charge in [0.1, 0.15) is 0 Å². The first kappa shape index (κ1) is 10.4. The number of aliphatic hydroxyl groups excluding tert-OH is 1. The first-order valence-electron chi connectivity index (χ1n) is 4.01. The lowest BCUT2D eigenvalue weighted by atomic mass is 10.3. The molecule has 0 aromatic heterocycles. The number of benzene rings is 1. The number of nitrogens with zero attached hydrogens (tertiary/aromatic N) is 1. The van der Waals surface area contributed by atoms with E-state index in [2.05, 4.69) is 5.32 Å². The molecule has 0 aliphatic heterocycles. The normalized spacial score (nSPS) is 12.1. The Morgan fingerprint density at radius 3 is 2.93 bits per heavy atom. The molecule has 0 amide bonds. The van der Waals surface area contributed by atoms with E-state index in [4.69, 9.17) is 10.8 Å². The van der Waals surface area contributed by atoms with Crippen molar-refractivity contribution >= 4 is 11.4 Å². The van der Waals surface area contributed by atoms with E-state index in [1.54, 1.807) is 12.1 Å². The number of nitro benzene ring substituents is 1. The van der Waals surface area contributed by atoms with Crippen LogP contribution in [0.3, 0.4) is 0 Å². The predicted octanol–water partition coefficient (Wildman–Crippen LogP) is 0.284. The van der Waals surface area contributed by atoms with Crippen molar-refractivity contribution in [3.63, 3.8) is 0 Å². The summed E-state index contributed by atoms with van der Waals surface area (Å²) < 4.78 is 0. The highest BCUT2D eigenvalue weighted by Crippen LogP contribution is 2.16. The van der Waals surface area contributed by atoms with Crippen LogP contribution in [-0.4, -0.2) is 22.8 Å². The van der Waals surface area contributed by atoms with Crippen LogP contribution < -0.4 is 11.1 Å². The van der Waals surface area contributed by atoms with Crippen LogP contribution in [0.4, 0.5) is 11.4 Å². The molecule has 0 spiro atoms. The Hall–Kier alpha value is -1.66. The molecule has 0 aliphatic carbocycles. The van der Waals surface area contributed by atoms with Crippen LogP contribution in [0.2, 0.25) is 0 Å². The van der Waals surface area contributed by atoms with Crippen LogP contribution in [0.15, 0.2) is 24.3 Å². The second kappa shape index (κ2) is 4.54. The van der Waals surface area contributed by atoms with E-state index < -0.39 is 11.1 Å². The zero-order valence-corrected chi connectivity index (χ0v) is 7.38. The zero-order valence-electron chi connectivity index (χ0n) is 7.38. The number of rotatable bonds is 4. The van der Waals surface area contributed by atoms with Crippen LogP contribution in [0.5, 0.6) is 0 Å². The predicted molar refractivity (Wildman–Crippen MR) is 51.8 cm³/mol. The Labute approximate surface area is 80.5 Å². The largest absolute Gasteiger partial charge is 0.393 e. The van der Waals surface area contributed by atoms with Crippen molar-refractivity contribution in [2.24, 2.45) is 5.73 Å². The highest BCUT2D eigenvalue weighted by Gasteiger charge is 2.06. The van der Waals surface area contributed by atoms with Gasteiger partial charge in [-0.3, -0.25) is 10.1 Å². The van der Waals surface area contributed by atoms with Gasteiger partial charge in [-0.05, 0) is 6.07 Å². The van der Waals surface area contributed by atoms with Gasteiger partial charge in [-0.25, -0.2) is 0 Å². The Kier molecular flexibility index (Phi) is 3.38. The third kappa shape index (κ3) is 2.68. The first-order chi connectivity index (χ1) is 6.63. The number of nitrogens with one attached hydrogen (secondary N) is 1. The lowest BCUT2D eigenvalue weighted by Crippen LogP contribution is -2.33. The molecule has 0 bridgehead atoms. The average molecular weight is 197 g/mol. The molecule has 1 aromatic carbocycles. The van der Waals surface area contributed by atoms with Crippen molar-refractivity contribution in [1.29, 1.82) is 0 Å². The van der Waals surface area contributed by atoms with E-state index >= 15 is 0 Å². The van der Waals surface area contributed by atoms with Gasteiger partial charge >= 0.3 is 0 Å². The minimum atomic E-state index is -0.614. The smallest absolute Gasteiger partial charge is 0.271 e. The SMILES string of the molecule is NC(CO)Nc1cccc([N+](=O)[O-])c1. The molecule has 0 aliphatic rings. The van der Waals surface area contributed by atoms with Crippen LogP contribution in [-0.2, 0) is 0 Å². The van der Waals surface area contributed by atoms with Gasteiger partial charge in [0.05, 0.1) is 17.7 Å². The van der Waals surface area contributed by atoms with Crippen molar-refractivity contribution in [3.8, 4) is 0 Å². The third-order valence-corrected chi connectivity index (χ3v) is 1.61. The molecule has 1 aromatic rings. The summed E-state index contributed by atoms with van der Waals surface area (Å²) in [5.41, 5.74) is 5.90. The maximum Gasteiger partial charge on any atom is 0.271 e. The Bertz CT molecular complexity index is 329. The summed E-state index contributed by atoms with van der Waals surface area (Å²) in [4.78, 5) is 9.92. The molecule has 1 rings (SSSR count). The molecule has 0 heterocycles. The molecule has 76 valence electrons. The molecule has 4 N–H and O–H groups in total. The van der Waals surface area contributed by atoms with Crippen LogP contribution >= 0.6 is 0 Å². The minimum Gasteiger partial charge on any atom is -0.393 e. The molecule has 6 nitrogen and oxygen atoms in total. The molecule has 0 fully saturated rings. The Morgan fingerprint density at radius 1 is 1.64 bits per heavy atom. The Balaban J connectivity index is 2.78. The topological polar surface area (TPSA) is 101 Å². The summed E-state index contributed by atoms with van der Waals surface area (Å²) in [6.45, 7) is -0.233. The number of hydrogen-bond donors (Lipinski definition) is 3. The number of nitro groups is 1. The van der Waals surface area contributed by atoms with Crippen molar-refractivity contribution < 1.29 is 10.0 Å². The highest BCUT2D eigenvalue weighted by molar-refractivity contribution is 5.51. The number of non-ortho nitro benzene ring substituents is 1. The van der Waals surface area contributed by atoms with E-state index in [0.29, 0.717) is 5.69 Å². The van der Waals surface area contributed by atoms with Gasteiger partial charge < -0.3 is 16.2 Å². The molecular formula is C8H11N3O3. The van der Waals surface area contributed by atoms with E-state index in [1.807, 2.05) is 0 Å². The van der Waals surface area contributed by atoms with Gasteiger partial charge in [0.25, 0.3) is 5.69 Å². The molecular weight excluding hydrogens is 186 g/mol. The van der Waals surface area contributed by atoms with E-state index in [-0.39, 0.29) is 12.3 Å². The maximum atomic E-state index is 10.4. The lowest BCUT2D eigenvalue weighted by Gasteiger charge is -2.11. The fraction of sp³-hybridized carbons (Fsp3) is 0.250. The van der Waals surface area contributed by atoms with E-state index in [9.17, 15) is 10.1 Å². The summed E-state index contributed by atoms with van der Waals surface area (Å²) in [5.74, 6) is 0. The second-order valence-corrected chi connectivity index (χ2v) is 2.74. The molecule has 1 atom stereocenters. The first-order valence-corrected chi connectivity index (χ1v) is 4.01. The number of aliphatic hydroxyl groups is 1. The van der Waals surface area contributed by atoms with Gasteiger partial charge in [-0.2, -0.15) is 0 Å². The number of hydrogen-bond acceptors (Lipinski definition) is 5. The minimum absolute atomic E-state index is 0.0138. The summed E-state index contributed by atoms with van der Waals surface area (Å²) in [7, 11) is 0. The summed E-state index contributed by atoms with van der Waals surface area (Å²) >= 11 is 0. The van der Waals surface area contributed by atoms with E-state index in [0.717, 1.165) is 0 Å². The van der Waals surface area contributed by atoms with Crippen LogP contribution in [0, 0.1) is 10.1 Å². The lowest BCUT2D eigenvalue weighted by molar-refractivity contribution is -0.384. The third-order valence-electron chi connectivity index (χ3n) is 1.61. The quantitative estimate of drug-likeness (QED) is 0.365. The zero-order chi connectivity index (χ0) is 10.6. The second-order valence-electron chi connectivity index (χ2n) is 2.74. The molecule has 0 saturated carbocycles. The Morgan fingerprint density at radius 2 is 2.36 bits per heavy atom. The van der Waals surface area contributed by atoms with Crippen LogP contribution in [0.25, 0.3) is 0 Å². The highest BCUT2D eigenvalue weighted by atomic mass is 16.6. The van der Waals surface area contributed by atoms with Crippen molar-refractivity contribution in [1.82, 2.24) is 0 Å². The van der Waals surface area contributed by atoms with Gasteiger partial charge in [-0.1, -0.05) is 6.07 Å².